The van der Waals surface area contributed by atoms with E-state index in [1.807, 2.05) is 44.1 Å². The fourth-order valence-corrected chi connectivity index (χ4v) is 4.06. The van der Waals surface area contributed by atoms with Gasteiger partial charge in [-0.15, -0.1) is 0 Å². The molecule has 3 rings (SSSR count). The monoisotopic (exact) mass is 438 g/mol. The Morgan fingerprint density at radius 3 is 2.44 bits per heavy atom. The van der Waals surface area contributed by atoms with Crippen LogP contribution in [0, 0.1) is 6.92 Å². The minimum atomic E-state index is -0.741. The lowest BCUT2D eigenvalue weighted by Gasteiger charge is -2.27. The molecule has 7 heteroatoms. The van der Waals surface area contributed by atoms with Gasteiger partial charge >= 0.3 is 0 Å². The van der Waals surface area contributed by atoms with Crippen LogP contribution in [0.25, 0.3) is 5.76 Å². The van der Waals surface area contributed by atoms with Crippen LogP contribution in [0.1, 0.15) is 29.2 Å². The molecular weight excluding hydrogens is 408 g/mol. The molecule has 1 atom stereocenters. The number of rotatable bonds is 8. The highest BCUT2D eigenvalue weighted by molar-refractivity contribution is 6.46. The average molecular weight is 439 g/mol. The first-order valence-corrected chi connectivity index (χ1v) is 10.5. The van der Waals surface area contributed by atoms with Gasteiger partial charge in [0.15, 0.2) is 0 Å². The van der Waals surface area contributed by atoms with Crippen LogP contribution in [0.5, 0.6) is 11.5 Å². The lowest BCUT2D eigenvalue weighted by atomic mass is 9.93. The number of methoxy groups -OCH3 is 2. The molecule has 0 aromatic heterocycles. The van der Waals surface area contributed by atoms with E-state index < -0.39 is 17.7 Å². The fourth-order valence-electron chi connectivity index (χ4n) is 4.06. The third kappa shape index (κ3) is 4.48. The van der Waals surface area contributed by atoms with E-state index in [2.05, 4.69) is 0 Å². The Kier molecular flexibility index (Phi) is 7.20. The second-order valence-electron chi connectivity index (χ2n) is 8.07. The number of hydrogen-bond acceptors (Lipinski definition) is 6. The van der Waals surface area contributed by atoms with Crippen LogP contribution < -0.4 is 9.47 Å². The van der Waals surface area contributed by atoms with Crippen molar-refractivity contribution in [2.45, 2.75) is 19.4 Å². The van der Waals surface area contributed by atoms with Gasteiger partial charge < -0.3 is 24.4 Å². The normalized spacial score (nSPS) is 17.8. The van der Waals surface area contributed by atoms with Crippen LogP contribution in [-0.4, -0.2) is 68.0 Å². The molecule has 1 N–H and O–H groups in total. The van der Waals surface area contributed by atoms with Gasteiger partial charge in [-0.05, 0) is 63.8 Å². The highest BCUT2D eigenvalue weighted by Crippen LogP contribution is 2.43. The van der Waals surface area contributed by atoms with Gasteiger partial charge in [-0.1, -0.05) is 18.2 Å². The number of carbonyl (C=O) groups excluding carboxylic acids is 2. The second kappa shape index (κ2) is 9.87. The Labute approximate surface area is 188 Å². The van der Waals surface area contributed by atoms with Crippen molar-refractivity contribution in [2.75, 3.05) is 41.4 Å². The minimum absolute atomic E-state index is 0.0672. The smallest absolute Gasteiger partial charge is 0.295 e. The standard InChI is InChI=1S/C25H30N2O5/c1-16-15-17(31-4)11-12-18(16)23(28)21-22(19-9-6-7-10-20(19)32-5)27(25(30)24(21)29)14-8-13-26(2)3/h6-7,9-12,15,22,28H,8,13-14H2,1-5H3/b23-21+. The summed E-state index contributed by atoms with van der Waals surface area (Å²) in [5, 5.41) is 11.3. The first-order chi connectivity index (χ1) is 15.3. The molecule has 1 saturated heterocycles. The first-order valence-electron chi connectivity index (χ1n) is 10.5. The van der Waals surface area contributed by atoms with Gasteiger partial charge in [0, 0.05) is 17.7 Å². The van der Waals surface area contributed by atoms with Crippen molar-refractivity contribution < 1.29 is 24.2 Å². The van der Waals surface area contributed by atoms with Gasteiger partial charge in [0.25, 0.3) is 11.7 Å². The molecular formula is C25H30N2O5. The molecule has 2 aromatic carbocycles. The van der Waals surface area contributed by atoms with E-state index in [0.717, 1.165) is 12.1 Å². The Morgan fingerprint density at radius 1 is 1.09 bits per heavy atom. The van der Waals surface area contributed by atoms with Crippen LogP contribution in [0.3, 0.4) is 0 Å². The molecule has 7 nitrogen and oxygen atoms in total. The Bertz CT molecular complexity index is 1040. The molecule has 2 aromatic rings. The van der Waals surface area contributed by atoms with E-state index in [9.17, 15) is 14.7 Å². The number of para-hydroxylation sites is 1. The number of benzene rings is 2. The minimum Gasteiger partial charge on any atom is -0.507 e. The lowest BCUT2D eigenvalue weighted by molar-refractivity contribution is -0.140. The van der Waals surface area contributed by atoms with E-state index in [1.165, 1.54) is 4.90 Å². The predicted molar refractivity (Wildman–Crippen MR) is 123 cm³/mol. The van der Waals surface area contributed by atoms with Crippen molar-refractivity contribution in [3.8, 4) is 11.5 Å². The number of aliphatic hydroxyl groups excluding tert-OH is 1. The fraction of sp³-hybridized carbons (Fsp3) is 0.360. The summed E-state index contributed by atoms with van der Waals surface area (Å²) in [6, 6.07) is 11.7. The maximum Gasteiger partial charge on any atom is 0.295 e. The number of nitrogens with zero attached hydrogens (tertiary/aromatic N) is 2. The van der Waals surface area contributed by atoms with Gasteiger partial charge in [0.2, 0.25) is 0 Å². The van der Waals surface area contributed by atoms with Crippen molar-refractivity contribution >= 4 is 17.4 Å². The van der Waals surface area contributed by atoms with Crippen LogP contribution in [-0.2, 0) is 9.59 Å². The zero-order valence-corrected chi connectivity index (χ0v) is 19.2. The number of aryl methyl sites for hydroxylation is 1. The Balaban J connectivity index is 2.16. The number of likely N-dealkylation sites (tertiary alicyclic amines) is 1. The number of carbonyl (C=O) groups is 2. The largest absolute Gasteiger partial charge is 0.507 e. The highest BCUT2D eigenvalue weighted by atomic mass is 16.5. The third-order valence-corrected chi connectivity index (χ3v) is 5.67. The SMILES string of the molecule is COc1ccc(/C(O)=C2\C(=O)C(=O)N(CCCN(C)C)C2c2ccccc2OC)c(C)c1. The molecule has 1 unspecified atom stereocenters. The van der Waals surface area contributed by atoms with E-state index >= 15 is 0 Å². The number of ether oxygens (including phenoxy) is 2. The molecule has 0 bridgehead atoms. The third-order valence-electron chi connectivity index (χ3n) is 5.67. The molecule has 1 aliphatic heterocycles. The summed E-state index contributed by atoms with van der Waals surface area (Å²) in [6.45, 7) is 2.96. The Hall–Kier alpha value is -3.32. The topological polar surface area (TPSA) is 79.3 Å². The number of aliphatic hydroxyl groups is 1. The van der Waals surface area contributed by atoms with Gasteiger partial charge in [0.1, 0.15) is 17.3 Å². The number of hydrogen-bond donors (Lipinski definition) is 1. The van der Waals surface area contributed by atoms with E-state index in [-0.39, 0.29) is 11.3 Å². The molecule has 170 valence electrons. The molecule has 32 heavy (non-hydrogen) atoms. The van der Waals surface area contributed by atoms with Crippen molar-refractivity contribution in [1.29, 1.82) is 0 Å². The summed E-state index contributed by atoms with van der Waals surface area (Å²) in [6.07, 6.45) is 0.688. The zero-order chi connectivity index (χ0) is 23.4. The second-order valence-corrected chi connectivity index (χ2v) is 8.07. The maximum atomic E-state index is 13.2. The molecule has 1 heterocycles. The van der Waals surface area contributed by atoms with Gasteiger partial charge in [-0.25, -0.2) is 0 Å². The summed E-state index contributed by atoms with van der Waals surface area (Å²) < 4.78 is 10.8. The molecule has 0 radical (unpaired) electrons. The highest BCUT2D eigenvalue weighted by Gasteiger charge is 2.46. The molecule has 1 aliphatic rings. The summed E-state index contributed by atoms with van der Waals surface area (Å²) in [5.74, 6) is -0.320. The summed E-state index contributed by atoms with van der Waals surface area (Å²) in [5.41, 5.74) is 1.95. The zero-order valence-electron chi connectivity index (χ0n) is 19.2. The van der Waals surface area contributed by atoms with Gasteiger partial charge in [0.05, 0.1) is 25.8 Å². The van der Waals surface area contributed by atoms with Crippen LogP contribution in [0.15, 0.2) is 48.0 Å². The van der Waals surface area contributed by atoms with Crippen molar-refractivity contribution in [3.05, 3.63) is 64.7 Å². The number of Topliss-reactive ketones (excluding diaryl/α,β-unsaturated/α-hetero) is 1. The molecule has 0 saturated carbocycles. The quantitative estimate of drug-likeness (QED) is 0.387. The van der Waals surface area contributed by atoms with Gasteiger partial charge in [-0.3, -0.25) is 9.59 Å². The molecule has 1 fully saturated rings. The van der Waals surface area contributed by atoms with E-state index in [0.29, 0.717) is 35.6 Å². The molecule has 0 spiro atoms. The van der Waals surface area contributed by atoms with Gasteiger partial charge in [-0.2, -0.15) is 0 Å². The predicted octanol–water partition coefficient (Wildman–Crippen LogP) is 3.39. The number of ketones is 1. The van der Waals surface area contributed by atoms with Crippen LogP contribution in [0.2, 0.25) is 0 Å². The van der Waals surface area contributed by atoms with E-state index in [4.69, 9.17) is 9.47 Å². The number of amides is 1. The average Bonchev–Trinajstić information content (AvgIpc) is 3.03. The maximum absolute atomic E-state index is 13.2. The molecule has 1 amide bonds. The van der Waals surface area contributed by atoms with E-state index in [1.54, 1.807) is 38.5 Å². The lowest BCUT2D eigenvalue weighted by Crippen LogP contribution is -2.32. The van der Waals surface area contributed by atoms with Crippen LogP contribution >= 0.6 is 0 Å². The molecule has 0 aliphatic carbocycles. The van der Waals surface area contributed by atoms with Crippen molar-refractivity contribution in [1.82, 2.24) is 9.80 Å². The summed E-state index contributed by atoms with van der Waals surface area (Å²) >= 11 is 0. The summed E-state index contributed by atoms with van der Waals surface area (Å²) in [7, 11) is 7.02. The first kappa shape index (κ1) is 23.3. The summed E-state index contributed by atoms with van der Waals surface area (Å²) in [4.78, 5) is 29.8. The Morgan fingerprint density at radius 2 is 1.81 bits per heavy atom. The van der Waals surface area contributed by atoms with Crippen molar-refractivity contribution in [3.63, 3.8) is 0 Å². The van der Waals surface area contributed by atoms with Crippen molar-refractivity contribution in [2.24, 2.45) is 0 Å². The van der Waals surface area contributed by atoms with Crippen LogP contribution in [0.4, 0.5) is 0 Å².